The van der Waals surface area contributed by atoms with E-state index < -0.39 is 8.80 Å². The first-order chi connectivity index (χ1) is 11.2. The van der Waals surface area contributed by atoms with E-state index in [9.17, 15) is 0 Å². The van der Waals surface area contributed by atoms with Crippen molar-refractivity contribution < 1.29 is 13.3 Å². The predicted molar refractivity (Wildman–Crippen MR) is 105 cm³/mol. The van der Waals surface area contributed by atoms with Gasteiger partial charge >= 0.3 is 8.80 Å². The minimum Gasteiger partial charge on any atom is -0.374 e. The van der Waals surface area contributed by atoms with Crippen LogP contribution in [0.15, 0.2) is 0 Å². The summed E-state index contributed by atoms with van der Waals surface area (Å²) in [7, 11) is -2.41. The predicted octanol–water partition coefficient (Wildman–Crippen LogP) is 5.91. The molecule has 0 fully saturated rings. The van der Waals surface area contributed by atoms with Gasteiger partial charge in [0.15, 0.2) is 0 Å². The normalized spacial score (nSPS) is 12.0. The fourth-order valence-electron chi connectivity index (χ4n) is 2.64. The van der Waals surface area contributed by atoms with Crippen molar-refractivity contribution in [2.24, 2.45) is 0 Å². The van der Waals surface area contributed by atoms with Crippen molar-refractivity contribution in [3.05, 3.63) is 0 Å². The van der Waals surface area contributed by atoms with Gasteiger partial charge in [0, 0.05) is 25.9 Å². The molecule has 0 aliphatic carbocycles. The second kappa shape index (κ2) is 17.3. The van der Waals surface area contributed by atoms with Crippen LogP contribution in [-0.2, 0) is 13.3 Å². The summed E-state index contributed by atoms with van der Waals surface area (Å²) < 4.78 is 17.7. The molecule has 0 aliphatic rings. The third-order valence-corrected chi connectivity index (χ3v) is 8.27. The highest BCUT2D eigenvalue weighted by Gasteiger charge is 2.39. The molecule has 23 heavy (non-hydrogen) atoms. The maximum atomic E-state index is 5.88. The van der Waals surface area contributed by atoms with Crippen molar-refractivity contribution in [1.29, 1.82) is 0 Å². The summed E-state index contributed by atoms with van der Waals surface area (Å²) in [6, 6.07) is 0.935. The average molecular weight is 365 g/mol. The molecule has 3 nitrogen and oxygen atoms in total. The van der Waals surface area contributed by atoms with Crippen LogP contribution in [0.5, 0.6) is 0 Å². The van der Waals surface area contributed by atoms with E-state index in [-0.39, 0.29) is 0 Å². The molecule has 0 rings (SSSR count). The van der Waals surface area contributed by atoms with E-state index in [1.54, 1.807) is 0 Å². The molecule has 0 radical (unpaired) electrons. The van der Waals surface area contributed by atoms with E-state index in [4.69, 9.17) is 13.3 Å². The third-order valence-electron chi connectivity index (χ3n) is 3.79. The number of unbranched alkanes of at least 4 members (excludes halogenated alkanes) is 7. The van der Waals surface area contributed by atoms with E-state index in [0.717, 1.165) is 11.8 Å². The molecule has 0 heterocycles. The van der Waals surface area contributed by atoms with Crippen LogP contribution in [0, 0.1) is 0 Å². The first-order valence-electron chi connectivity index (χ1n) is 9.74. The molecular weight excluding hydrogens is 324 g/mol. The molecule has 0 atom stereocenters. The van der Waals surface area contributed by atoms with Crippen LogP contribution in [0.4, 0.5) is 0 Å². The Morgan fingerprint density at radius 1 is 0.609 bits per heavy atom. The van der Waals surface area contributed by atoms with Gasteiger partial charge in [-0.3, -0.25) is 0 Å². The van der Waals surface area contributed by atoms with E-state index >= 15 is 0 Å². The minimum atomic E-state index is -2.41. The summed E-state index contributed by atoms with van der Waals surface area (Å²) in [5, 5.41) is 0. The molecular formula is C18H40O3SSi. The van der Waals surface area contributed by atoms with Crippen LogP contribution < -0.4 is 0 Å². The Kier molecular flexibility index (Phi) is 17.6. The summed E-state index contributed by atoms with van der Waals surface area (Å²) in [6.07, 6.45) is 11.1. The monoisotopic (exact) mass is 364 g/mol. The zero-order valence-electron chi connectivity index (χ0n) is 16.0. The van der Waals surface area contributed by atoms with Crippen LogP contribution in [0.25, 0.3) is 0 Å². The molecule has 0 saturated carbocycles. The second-order valence-electron chi connectivity index (χ2n) is 5.82. The minimum absolute atomic E-state index is 0.676. The third kappa shape index (κ3) is 13.4. The first-order valence-corrected chi connectivity index (χ1v) is 12.8. The topological polar surface area (TPSA) is 27.7 Å². The highest BCUT2D eigenvalue weighted by Crippen LogP contribution is 2.20. The average Bonchev–Trinajstić information content (AvgIpc) is 2.53. The second-order valence-corrected chi connectivity index (χ2v) is 9.78. The summed E-state index contributed by atoms with van der Waals surface area (Å²) in [4.78, 5) is 0. The van der Waals surface area contributed by atoms with Crippen molar-refractivity contribution >= 4 is 20.6 Å². The number of hydrogen-bond acceptors (Lipinski definition) is 4. The fraction of sp³-hybridized carbons (Fsp3) is 1.00. The Hall–Kier alpha value is 0.447. The van der Waals surface area contributed by atoms with Gasteiger partial charge in [0.2, 0.25) is 0 Å². The lowest BCUT2D eigenvalue weighted by Gasteiger charge is -2.28. The molecule has 0 aliphatic heterocycles. The summed E-state index contributed by atoms with van der Waals surface area (Å²) in [5.41, 5.74) is 0. The lowest BCUT2D eigenvalue weighted by molar-refractivity contribution is 0.0728. The zero-order chi connectivity index (χ0) is 17.2. The first kappa shape index (κ1) is 23.4. The highest BCUT2D eigenvalue weighted by atomic mass is 32.2. The molecule has 0 aromatic heterocycles. The fourth-order valence-corrected chi connectivity index (χ4v) is 6.83. The van der Waals surface area contributed by atoms with Crippen molar-refractivity contribution in [3.8, 4) is 0 Å². The summed E-state index contributed by atoms with van der Waals surface area (Å²) in [6.45, 7) is 10.4. The molecule has 0 saturated heterocycles. The largest absolute Gasteiger partial charge is 0.501 e. The van der Waals surface area contributed by atoms with E-state index in [2.05, 4.69) is 6.92 Å². The molecule has 140 valence electrons. The van der Waals surface area contributed by atoms with Crippen molar-refractivity contribution in [3.63, 3.8) is 0 Å². The van der Waals surface area contributed by atoms with Gasteiger partial charge in [0.25, 0.3) is 0 Å². The Balaban J connectivity index is 3.65. The van der Waals surface area contributed by atoms with Gasteiger partial charge in [0.05, 0.1) is 0 Å². The Morgan fingerprint density at radius 3 is 1.57 bits per heavy atom. The van der Waals surface area contributed by atoms with Crippen molar-refractivity contribution in [2.45, 2.75) is 85.1 Å². The van der Waals surface area contributed by atoms with Gasteiger partial charge in [-0.1, -0.05) is 51.9 Å². The number of rotatable bonds is 18. The van der Waals surface area contributed by atoms with Gasteiger partial charge in [-0.2, -0.15) is 11.8 Å². The van der Waals surface area contributed by atoms with Crippen molar-refractivity contribution in [1.82, 2.24) is 0 Å². The van der Waals surface area contributed by atoms with Gasteiger partial charge < -0.3 is 13.3 Å². The standard InChI is InChI=1S/C18H40O3SSi/c1-5-9-10-11-12-13-14-15-16-22-17-18-23(19-6-2,20-7-3)21-8-4/h5-18H2,1-4H3. The van der Waals surface area contributed by atoms with Crippen molar-refractivity contribution in [2.75, 3.05) is 31.3 Å². The van der Waals surface area contributed by atoms with Gasteiger partial charge in [-0.05, 0) is 38.7 Å². The van der Waals surface area contributed by atoms with Crippen LogP contribution in [0.3, 0.4) is 0 Å². The smallest absolute Gasteiger partial charge is 0.374 e. The SMILES string of the molecule is CCCCCCCCCCSCC[Si](OCC)(OCC)OCC. The summed E-state index contributed by atoms with van der Waals surface area (Å²) in [5.74, 6) is 2.34. The van der Waals surface area contributed by atoms with E-state index in [1.807, 2.05) is 32.5 Å². The van der Waals surface area contributed by atoms with Crippen LogP contribution in [0.1, 0.15) is 79.1 Å². The lowest BCUT2D eigenvalue weighted by Crippen LogP contribution is -2.46. The Bertz CT molecular complexity index is 225. The van der Waals surface area contributed by atoms with Gasteiger partial charge in [0.1, 0.15) is 0 Å². The van der Waals surface area contributed by atoms with Crippen LogP contribution >= 0.6 is 11.8 Å². The van der Waals surface area contributed by atoms with Crippen LogP contribution in [-0.4, -0.2) is 40.1 Å². The zero-order valence-corrected chi connectivity index (χ0v) is 17.8. The van der Waals surface area contributed by atoms with E-state index in [1.165, 1.54) is 57.1 Å². The molecule has 0 amide bonds. The van der Waals surface area contributed by atoms with E-state index in [0.29, 0.717) is 19.8 Å². The maximum absolute atomic E-state index is 5.88. The maximum Gasteiger partial charge on any atom is 0.501 e. The highest BCUT2D eigenvalue weighted by molar-refractivity contribution is 7.99. The molecule has 0 aromatic carbocycles. The molecule has 0 unspecified atom stereocenters. The van der Waals surface area contributed by atoms with Crippen LogP contribution in [0.2, 0.25) is 6.04 Å². The molecule has 0 bridgehead atoms. The molecule has 5 heteroatoms. The van der Waals surface area contributed by atoms with Gasteiger partial charge in [-0.15, -0.1) is 0 Å². The molecule has 0 spiro atoms. The lowest BCUT2D eigenvalue weighted by atomic mass is 10.1. The summed E-state index contributed by atoms with van der Waals surface area (Å²) >= 11 is 2.02. The Labute approximate surface area is 150 Å². The molecule has 0 N–H and O–H groups in total. The quantitative estimate of drug-likeness (QED) is 0.223. The molecule has 0 aromatic rings. The van der Waals surface area contributed by atoms with Gasteiger partial charge in [-0.25, -0.2) is 0 Å². The number of thioether (sulfide) groups is 1. The number of hydrogen-bond donors (Lipinski definition) is 0. The Morgan fingerprint density at radius 2 is 1.09 bits per heavy atom.